The number of nitrogens with one attached hydrogen (secondary N) is 1. The fourth-order valence-corrected chi connectivity index (χ4v) is 2.73. The van der Waals surface area contributed by atoms with Crippen molar-refractivity contribution < 1.29 is 23.9 Å². The first kappa shape index (κ1) is 16.7. The fraction of sp³-hybridized carbons (Fsp3) is 0.211. The van der Waals surface area contributed by atoms with E-state index in [1.165, 1.54) is 7.11 Å². The Morgan fingerprint density at radius 3 is 2.48 bits per heavy atom. The zero-order valence-corrected chi connectivity index (χ0v) is 13.9. The second-order valence-electron chi connectivity index (χ2n) is 5.98. The molecule has 1 heterocycles. The van der Waals surface area contributed by atoms with Crippen LogP contribution < -0.4 is 5.32 Å². The summed E-state index contributed by atoms with van der Waals surface area (Å²) in [6.45, 7) is 1.58. The lowest BCUT2D eigenvalue weighted by atomic mass is 9.89. The van der Waals surface area contributed by atoms with E-state index < -0.39 is 23.4 Å². The average Bonchev–Trinajstić information content (AvgIpc) is 2.61. The molecule has 1 aliphatic rings. The summed E-state index contributed by atoms with van der Waals surface area (Å²) in [7, 11) is 1.30. The minimum absolute atomic E-state index is 0.293. The van der Waals surface area contributed by atoms with E-state index in [0.717, 1.165) is 5.56 Å². The van der Waals surface area contributed by atoms with Gasteiger partial charge in [0, 0.05) is 12.1 Å². The van der Waals surface area contributed by atoms with Crippen LogP contribution in [-0.2, 0) is 20.7 Å². The van der Waals surface area contributed by atoms with Crippen LogP contribution in [0.3, 0.4) is 0 Å². The van der Waals surface area contributed by atoms with Gasteiger partial charge in [0.1, 0.15) is 0 Å². The lowest BCUT2D eigenvalue weighted by Gasteiger charge is -2.33. The Kier molecular flexibility index (Phi) is 4.27. The van der Waals surface area contributed by atoms with Crippen molar-refractivity contribution in [1.82, 2.24) is 0 Å². The third kappa shape index (κ3) is 3.24. The summed E-state index contributed by atoms with van der Waals surface area (Å²) < 4.78 is 10.0. The maximum absolute atomic E-state index is 12.6. The maximum atomic E-state index is 12.6. The highest BCUT2D eigenvalue weighted by atomic mass is 16.6. The molecule has 1 N–H and O–H groups in total. The molecule has 1 amide bonds. The summed E-state index contributed by atoms with van der Waals surface area (Å²) in [5.41, 5.74) is 0.832. The first-order valence-corrected chi connectivity index (χ1v) is 7.74. The van der Waals surface area contributed by atoms with E-state index in [1.54, 1.807) is 43.3 Å². The van der Waals surface area contributed by atoms with Gasteiger partial charge >= 0.3 is 11.9 Å². The Balaban J connectivity index is 1.77. The molecule has 1 aliphatic heterocycles. The number of ether oxygens (including phenoxy) is 2. The summed E-state index contributed by atoms with van der Waals surface area (Å²) in [5.74, 6) is -1.40. The van der Waals surface area contributed by atoms with E-state index in [9.17, 15) is 14.4 Å². The Morgan fingerprint density at radius 1 is 1.12 bits per heavy atom. The maximum Gasteiger partial charge on any atom is 0.339 e. The standard InChI is InChI=1S/C19H17NO5/c1-19(11-13-5-3-4-6-15(13)17(22)25-19)18(23)20-14-9-7-12(8-10-14)16(21)24-2/h3-10H,11H2,1-2H3,(H,20,23)/t19-/m1/s1. The van der Waals surface area contributed by atoms with E-state index in [2.05, 4.69) is 10.1 Å². The number of cyclic esters (lactones) is 1. The van der Waals surface area contributed by atoms with Crippen LogP contribution in [0.2, 0.25) is 0 Å². The number of anilines is 1. The highest BCUT2D eigenvalue weighted by Crippen LogP contribution is 2.29. The third-order valence-electron chi connectivity index (χ3n) is 4.13. The molecule has 25 heavy (non-hydrogen) atoms. The van der Waals surface area contributed by atoms with E-state index in [4.69, 9.17) is 4.74 Å². The van der Waals surface area contributed by atoms with Gasteiger partial charge in [-0.2, -0.15) is 0 Å². The van der Waals surface area contributed by atoms with Crippen molar-refractivity contribution in [3.05, 3.63) is 65.2 Å². The van der Waals surface area contributed by atoms with Crippen molar-refractivity contribution in [3.8, 4) is 0 Å². The third-order valence-corrected chi connectivity index (χ3v) is 4.13. The zero-order valence-electron chi connectivity index (χ0n) is 13.9. The molecule has 128 valence electrons. The smallest absolute Gasteiger partial charge is 0.339 e. The first-order valence-electron chi connectivity index (χ1n) is 7.74. The minimum atomic E-state index is -1.30. The number of rotatable bonds is 3. The molecule has 6 nitrogen and oxygen atoms in total. The van der Waals surface area contributed by atoms with Crippen molar-refractivity contribution in [1.29, 1.82) is 0 Å². The van der Waals surface area contributed by atoms with Gasteiger partial charge in [-0.3, -0.25) is 4.79 Å². The fourth-order valence-electron chi connectivity index (χ4n) is 2.73. The molecular weight excluding hydrogens is 322 g/mol. The van der Waals surface area contributed by atoms with Gasteiger partial charge in [-0.25, -0.2) is 9.59 Å². The molecule has 0 radical (unpaired) electrons. The van der Waals surface area contributed by atoms with Gasteiger partial charge in [0.15, 0.2) is 5.60 Å². The average molecular weight is 339 g/mol. The highest BCUT2D eigenvalue weighted by molar-refractivity contribution is 6.02. The second kappa shape index (κ2) is 6.39. The Morgan fingerprint density at radius 2 is 1.80 bits per heavy atom. The number of hydrogen-bond acceptors (Lipinski definition) is 5. The van der Waals surface area contributed by atoms with Crippen LogP contribution >= 0.6 is 0 Å². The van der Waals surface area contributed by atoms with Gasteiger partial charge in [0.05, 0.1) is 18.2 Å². The Labute approximate surface area is 144 Å². The summed E-state index contributed by atoms with van der Waals surface area (Å²) in [4.78, 5) is 36.2. The number of fused-ring (bicyclic) bond motifs is 1. The number of hydrogen-bond donors (Lipinski definition) is 1. The Hall–Kier alpha value is -3.15. The summed E-state index contributed by atoms with van der Waals surface area (Å²) >= 11 is 0. The van der Waals surface area contributed by atoms with Crippen molar-refractivity contribution in [2.75, 3.05) is 12.4 Å². The van der Waals surface area contributed by atoms with Crippen molar-refractivity contribution in [3.63, 3.8) is 0 Å². The molecule has 0 bridgehead atoms. The van der Waals surface area contributed by atoms with Gasteiger partial charge in [0.2, 0.25) is 0 Å². The molecule has 6 heteroatoms. The minimum Gasteiger partial charge on any atom is -0.465 e. The van der Waals surface area contributed by atoms with Crippen LogP contribution in [0.1, 0.15) is 33.2 Å². The predicted molar refractivity (Wildman–Crippen MR) is 90.4 cm³/mol. The van der Waals surface area contributed by atoms with Gasteiger partial charge < -0.3 is 14.8 Å². The molecule has 0 saturated carbocycles. The molecule has 0 spiro atoms. The second-order valence-corrected chi connectivity index (χ2v) is 5.98. The largest absolute Gasteiger partial charge is 0.465 e. The number of amides is 1. The molecule has 2 aromatic carbocycles. The van der Waals surface area contributed by atoms with Crippen molar-refractivity contribution in [2.45, 2.75) is 18.9 Å². The zero-order chi connectivity index (χ0) is 18.0. The molecule has 0 fully saturated rings. The molecule has 3 rings (SSSR count). The summed E-state index contributed by atoms with van der Waals surface area (Å²) in [5, 5.41) is 2.72. The molecular formula is C19H17NO5. The van der Waals surface area contributed by atoms with Crippen LogP contribution in [0.4, 0.5) is 5.69 Å². The lowest BCUT2D eigenvalue weighted by Crippen LogP contribution is -2.48. The number of methoxy groups -OCH3 is 1. The lowest BCUT2D eigenvalue weighted by molar-refractivity contribution is -0.134. The molecule has 2 aromatic rings. The number of benzene rings is 2. The number of carbonyl (C=O) groups is 3. The topological polar surface area (TPSA) is 81.7 Å². The predicted octanol–water partition coefficient (Wildman–Crippen LogP) is 2.58. The highest BCUT2D eigenvalue weighted by Gasteiger charge is 2.42. The van der Waals surface area contributed by atoms with E-state index in [1.807, 2.05) is 12.1 Å². The van der Waals surface area contributed by atoms with Gasteiger partial charge in [-0.05, 0) is 42.8 Å². The molecule has 1 atom stereocenters. The van der Waals surface area contributed by atoms with Gasteiger partial charge in [-0.1, -0.05) is 18.2 Å². The van der Waals surface area contributed by atoms with E-state index in [0.29, 0.717) is 23.2 Å². The monoisotopic (exact) mass is 339 g/mol. The van der Waals surface area contributed by atoms with Gasteiger partial charge in [0.25, 0.3) is 5.91 Å². The SMILES string of the molecule is COC(=O)c1ccc(NC(=O)[C@@]2(C)Cc3ccccc3C(=O)O2)cc1. The van der Waals surface area contributed by atoms with Crippen molar-refractivity contribution >= 4 is 23.5 Å². The normalized spacial score (nSPS) is 18.7. The first-order chi connectivity index (χ1) is 11.9. The molecule has 0 saturated heterocycles. The van der Waals surface area contributed by atoms with Crippen LogP contribution in [0.25, 0.3) is 0 Å². The van der Waals surface area contributed by atoms with Crippen LogP contribution in [0.15, 0.2) is 48.5 Å². The van der Waals surface area contributed by atoms with Crippen LogP contribution in [-0.4, -0.2) is 30.6 Å². The number of esters is 2. The van der Waals surface area contributed by atoms with Gasteiger partial charge in [-0.15, -0.1) is 0 Å². The quantitative estimate of drug-likeness (QED) is 0.869. The molecule has 0 aliphatic carbocycles. The van der Waals surface area contributed by atoms with Crippen LogP contribution in [0.5, 0.6) is 0 Å². The number of carbonyl (C=O) groups excluding carboxylic acids is 3. The summed E-state index contributed by atoms with van der Waals surface area (Å²) in [6.07, 6.45) is 0.293. The van der Waals surface area contributed by atoms with E-state index >= 15 is 0 Å². The Bertz CT molecular complexity index is 843. The summed E-state index contributed by atoms with van der Waals surface area (Å²) in [6, 6.07) is 13.3. The van der Waals surface area contributed by atoms with Crippen LogP contribution in [0, 0.1) is 0 Å². The van der Waals surface area contributed by atoms with E-state index in [-0.39, 0.29) is 0 Å². The molecule has 0 unspecified atom stereocenters. The van der Waals surface area contributed by atoms with Crippen molar-refractivity contribution in [2.24, 2.45) is 0 Å². The molecule has 0 aromatic heterocycles.